The van der Waals surface area contributed by atoms with Gasteiger partial charge < -0.3 is 20.8 Å². The minimum absolute atomic E-state index is 0.0316. The number of primary amides is 1. The topological polar surface area (TPSA) is 121 Å². The molecule has 3 rings (SSSR count). The van der Waals surface area contributed by atoms with Gasteiger partial charge in [0.25, 0.3) is 0 Å². The van der Waals surface area contributed by atoms with Crippen molar-refractivity contribution >= 4 is 41.3 Å². The van der Waals surface area contributed by atoms with E-state index in [0.29, 0.717) is 15.6 Å². The number of thioether (sulfide) groups is 2. The summed E-state index contributed by atoms with van der Waals surface area (Å²) in [5.74, 6) is -2.64. The molecule has 2 aliphatic rings. The molecule has 0 saturated carbocycles. The molecule has 9 heteroatoms. The number of nitrogens with two attached hydrogens (primary N) is 1. The van der Waals surface area contributed by atoms with E-state index in [-0.39, 0.29) is 23.6 Å². The van der Waals surface area contributed by atoms with Crippen LogP contribution in [0.4, 0.5) is 0 Å². The lowest BCUT2D eigenvalue weighted by Gasteiger charge is -2.46. The molecular weight excluding hydrogens is 388 g/mol. The van der Waals surface area contributed by atoms with Gasteiger partial charge >= 0.3 is 5.97 Å². The van der Waals surface area contributed by atoms with Crippen LogP contribution in [0.15, 0.2) is 39.8 Å². The zero-order chi connectivity index (χ0) is 19.9. The minimum Gasteiger partial charge on any atom is -0.477 e. The third-order valence-corrected chi connectivity index (χ3v) is 7.31. The van der Waals surface area contributed by atoms with Gasteiger partial charge in [0, 0.05) is 26.4 Å². The third-order valence-electron chi connectivity index (χ3n) is 4.89. The predicted molar refractivity (Wildman–Crippen MR) is 103 cm³/mol. The molecule has 27 heavy (non-hydrogen) atoms. The monoisotopic (exact) mass is 408 g/mol. The second-order valence-corrected chi connectivity index (χ2v) is 9.00. The number of hydrogen-bond donors (Lipinski definition) is 3. The first-order chi connectivity index (χ1) is 12.7. The van der Waals surface area contributed by atoms with Gasteiger partial charge in [-0.2, -0.15) is 0 Å². The largest absolute Gasteiger partial charge is 0.477 e. The fraction of sp³-hybridized carbons (Fsp3) is 0.389. The van der Waals surface area contributed by atoms with Gasteiger partial charge in [-0.1, -0.05) is 6.92 Å². The summed E-state index contributed by atoms with van der Waals surface area (Å²) in [5.41, 5.74) is 5.68. The molecule has 2 amide bonds. The molecule has 1 aromatic rings. The molecule has 1 aromatic carbocycles. The van der Waals surface area contributed by atoms with Gasteiger partial charge in [0.2, 0.25) is 11.8 Å². The molecule has 0 unspecified atom stereocenters. The van der Waals surface area contributed by atoms with Crippen molar-refractivity contribution in [3.05, 3.63) is 40.4 Å². The van der Waals surface area contributed by atoms with Crippen LogP contribution in [0.5, 0.6) is 0 Å². The Bertz CT molecular complexity index is 822. The molecule has 2 aliphatic heterocycles. The number of aliphatic hydroxyl groups is 1. The van der Waals surface area contributed by atoms with E-state index in [1.807, 2.05) is 6.92 Å². The minimum atomic E-state index is -1.12. The first-order valence-corrected chi connectivity index (χ1v) is 10.3. The Balaban J connectivity index is 1.71. The number of β-lactam (4-membered cyclic amide) rings is 1. The molecule has 0 radical (unpaired) electrons. The lowest BCUT2D eigenvalue weighted by molar-refractivity contribution is -0.163. The maximum Gasteiger partial charge on any atom is 0.353 e. The van der Waals surface area contributed by atoms with E-state index in [1.165, 1.54) is 28.4 Å². The smallest absolute Gasteiger partial charge is 0.353 e. The Morgan fingerprint density at radius 1 is 1.26 bits per heavy atom. The number of fused-ring (bicyclic) bond motifs is 1. The van der Waals surface area contributed by atoms with Crippen molar-refractivity contribution < 1.29 is 24.6 Å². The summed E-state index contributed by atoms with van der Waals surface area (Å²) >= 11 is 2.90. The number of carboxylic acid groups (broad SMARTS) is 1. The number of carbonyl (C=O) groups excluding carboxylic acids is 2. The Kier molecular flexibility index (Phi) is 5.55. The Morgan fingerprint density at radius 3 is 2.41 bits per heavy atom. The zero-order valence-corrected chi connectivity index (χ0v) is 16.4. The maximum absolute atomic E-state index is 12.3. The average molecular weight is 409 g/mol. The number of carboxylic acids is 1. The summed E-state index contributed by atoms with van der Waals surface area (Å²) < 4.78 is 0. The van der Waals surface area contributed by atoms with Gasteiger partial charge in [0.15, 0.2) is 0 Å². The summed E-state index contributed by atoms with van der Waals surface area (Å²) in [7, 11) is 0. The molecule has 0 aromatic heterocycles. The number of nitrogens with zero attached hydrogens (tertiary/aromatic N) is 1. The highest BCUT2D eigenvalue weighted by Crippen LogP contribution is 2.51. The van der Waals surface area contributed by atoms with Crippen LogP contribution in [-0.2, 0) is 9.59 Å². The van der Waals surface area contributed by atoms with Crippen molar-refractivity contribution in [1.82, 2.24) is 4.90 Å². The summed E-state index contributed by atoms with van der Waals surface area (Å²) in [6, 6.07) is 6.57. The SMILES string of the molecule is C[C@@H](O)[C@H]1C(=O)N2C(C(=O)O)=C(SCSc3ccc(C(N)=O)cc3)[C@H](C)[C@H]12. The molecule has 1 fully saturated rings. The van der Waals surface area contributed by atoms with E-state index in [9.17, 15) is 24.6 Å². The van der Waals surface area contributed by atoms with Crippen LogP contribution in [-0.4, -0.2) is 50.1 Å². The Morgan fingerprint density at radius 2 is 1.89 bits per heavy atom. The van der Waals surface area contributed by atoms with E-state index in [1.54, 1.807) is 31.2 Å². The van der Waals surface area contributed by atoms with Crippen molar-refractivity contribution in [2.75, 3.05) is 5.08 Å². The number of amides is 2. The molecule has 144 valence electrons. The highest BCUT2D eigenvalue weighted by Gasteiger charge is 2.59. The van der Waals surface area contributed by atoms with E-state index in [2.05, 4.69) is 0 Å². The summed E-state index contributed by atoms with van der Waals surface area (Å²) in [5, 5.41) is 20.0. The van der Waals surface area contributed by atoms with E-state index in [0.717, 1.165) is 4.90 Å². The second kappa shape index (κ2) is 7.57. The van der Waals surface area contributed by atoms with E-state index < -0.39 is 23.9 Å². The number of carbonyl (C=O) groups is 3. The van der Waals surface area contributed by atoms with Crippen molar-refractivity contribution in [1.29, 1.82) is 0 Å². The highest BCUT2D eigenvalue weighted by atomic mass is 32.2. The van der Waals surface area contributed by atoms with E-state index in [4.69, 9.17) is 5.73 Å². The standard InChI is InChI=1S/C18H20N2O5S2/c1-8-13-12(9(2)21)17(23)20(13)14(18(24)25)15(8)27-7-26-11-5-3-10(4-6-11)16(19)22/h3-6,8-9,12-13,21H,7H2,1-2H3,(H2,19,22)(H,24,25)/t8-,9-,12-,13-/m1/s1. The summed E-state index contributed by atoms with van der Waals surface area (Å²) in [6.45, 7) is 3.45. The van der Waals surface area contributed by atoms with Gasteiger partial charge in [-0.05, 0) is 31.2 Å². The number of aliphatic hydroxyl groups excluding tert-OH is 1. The summed E-state index contributed by atoms with van der Waals surface area (Å²) in [6.07, 6.45) is -0.807. The van der Waals surface area contributed by atoms with Crippen molar-refractivity contribution in [2.45, 2.75) is 30.9 Å². The quantitative estimate of drug-likeness (QED) is 0.357. The summed E-state index contributed by atoms with van der Waals surface area (Å²) in [4.78, 5) is 38.0. The average Bonchev–Trinajstić information content (AvgIpc) is 2.84. The molecule has 2 heterocycles. The van der Waals surface area contributed by atoms with Crippen LogP contribution in [0, 0.1) is 11.8 Å². The number of aliphatic carboxylic acids is 1. The predicted octanol–water partition coefficient (Wildman–Crippen LogP) is 1.72. The van der Waals surface area contributed by atoms with Crippen molar-refractivity contribution in [2.24, 2.45) is 17.6 Å². The van der Waals surface area contributed by atoms with Crippen LogP contribution in [0.2, 0.25) is 0 Å². The molecule has 4 atom stereocenters. The van der Waals surface area contributed by atoms with Crippen LogP contribution in [0.25, 0.3) is 0 Å². The zero-order valence-electron chi connectivity index (χ0n) is 14.8. The first-order valence-electron chi connectivity index (χ1n) is 8.38. The van der Waals surface area contributed by atoms with Gasteiger partial charge in [-0.15, -0.1) is 23.5 Å². The fourth-order valence-corrected chi connectivity index (χ4v) is 5.93. The molecule has 0 spiro atoms. The first kappa shape index (κ1) is 19.8. The molecule has 0 bridgehead atoms. The lowest BCUT2D eigenvalue weighted by atomic mass is 9.79. The van der Waals surface area contributed by atoms with Crippen molar-refractivity contribution in [3.63, 3.8) is 0 Å². The Labute approximate surface area is 165 Å². The van der Waals surface area contributed by atoms with Gasteiger partial charge in [0.05, 0.1) is 18.1 Å². The maximum atomic E-state index is 12.3. The normalized spacial score (nSPS) is 25.2. The molecule has 7 nitrogen and oxygen atoms in total. The van der Waals surface area contributed by atoms with Crippen LogP contribution >= 0.6 is 23.5 Å². The van der Waals surface area contributed by atoms with Gasteiger partial charge in [-0.3, -0.25) is 9.59 Å². The molecule has 1 saturated heterocycles. The van der Waals surface area contributed by atoms with Gasteiger partial charge in [0.1, 0.15) is 5.70 Å². The highest BCUT2D eigenvalue weighted by molar-refractivity contribution is 8.17. The van der Waals surface area contributed by atoms with Crippen LogP contribution < -0.4 is 5.73 Å². The number of rotatable bonds is 7. The van der Waals surface area contributed by atoms with Crippen molar-refractivity contribution in [3.8, 4) is 0 Å². The lowest BCUT2D eigenvalue weighted by Crippen LogP contribution is -2.63. The molecule has 0 aliphatic carbocycles. The number of benzene rings is 1. The van der Waals surface area contributed by atoms with Crippen LogP contribution in [0.1, 0.15) is 24.2 Å². The number of hydrogen-bond acceptors (Lipinski definition) is 6. The molecule has 4 N–H and O–H groups in total. The van der Waals surface area contributed by atoms with E-state index >= 15 is 0 Å². The second-order valence-electron chi connectivity index (χ2n) is 6.57. The van der Waals surface area contributed by atoms with Crippen LogP contribution in [0.3, 0.4) is 0 Å². The van der Waals surface area contributed by atoms with Gasteiger partial charge in [-0.25, -0.2) is 4.79 Å². The Hall–Kier alpha value is -1.97. The fourth-order valence-electron chi connectivity index (χ4n) is 3.59. The molecular formula is C18H20N2O5S2. The third kappa shape index (κ3) is 3.46.